The minimum Gasteiger partial charge on any atom is -0.459 e. The Labute approximate surface area is 123 Å². The predicted octanol–water partition coefficient (Wildman–Crippen LogP) is 1.44. The number of aromatic nitrogens is 3. The monoisotopic (exact) mass is 375 g/mol. The first-order valence-corrected chi connectivity index (χ1v) is 6.81. The summed E-state index contributed by atoms with van der Waals surface area (Å²) in [6.45, 7) is 5.15. The Morgan fingerprint density at radius 3 is 2.79 bits per heavy atom. The van der Waals surface area contributed by atoms with Gasteiger partial charge in [-0.05, 0) is 55.5 Å². The summed E-state index contributed by atoms with van der Waals surface area (Å²) in [5, 5.41) is 4.10. The largest absolute Gasteiger partial charge is 0.459 e. The summed E-state index contributed by atoms with van der Waals surface area (Å²) >= 11 is 2.14. The highest BCUT2D eigenvalue weighted by atomic mass is 127. The second-order valence-corrected chi connectivity index (χ2v) is 6.35. The molecule has 0 saturated heterocycles. The Morgan fingerprint density at radius 1 is 1.47 bits per heavy atom. The van der Waals surface area contributed by atoms with Crippen molar-refractivity contribution in [3.05, 3.63) is 32.4 Å². The van der Waals surface area contributed by atoms with Crippen molar-refractivity contribution in [3.8, 4) is 0 Å². The fourth-order valence-electron chi connectivity index (χ4n) is 1.59. The number of hydrogen-bond acceptors (Lipinski definition) is 4. The molecule has 0 aromatic carbocycles. The van der Waals surface area contributed by atoms with Crippen LogP contribution >= 0.6 is 22.6 Å². The number of carbonyl (C=O) groups is 1. The number of fused-ring (bicyclic) bond motifs is 1. The van der Waals surface area contributed by atoms with E-state index in [1.54, 1.807) is 39.1 Å². The highest BCUT2D eigenvalue weighted by Crippen LogP contribution is 2.08. The molecule has 0 N–H and O–H groups in total. The molecule has 19 heavy (non-hydrogen) atoms. The fourth-order valence-corrected chi connectivity index (χ4v) is 2.03. The van der Waals surface area contributed by atoms with Crippen molar-refractivity contribution in [2.45, 2.75) is 32.9 Å². The molecule has 0 bridgehead atoms. The van der Waals surface area contributed by atoms with E-state index in [-0.39, 0.29) is 12.2 Å². The van der Waals surface area contributed by atoms with E-state index in [2.05, 4.69) is 27.7 Å². The van der Waals surface area contributed by atoms with Gasteiger partial charge in [-0.1, -0.05) is 0 Å². The molecule has 0 radical (unpaired) electrons. The Bertz CT molecular complexity index is 682. The number of rotatable bonds is 2. The molecule has 0 fully saturated rings. The SMILES string of the molecule is CC(C)(C)OC(=O)Cn1nc2cc(I)ccn2c1=O. The van der Waals surface area contributed by atoms with Crippen LogP contribution in [0.1, 0.15) is 20.8 Å². The number of nitrogens with zero attached hydrogens (tertiary/aromatic N) is 3. The quantitative estimate of drug-likeness (QED) is 0.589. The van der Waals surface area contributed by atoms with Gasteiger partial charge in [-0.15, -0.1) is 5.10 Å². The summed E-state index contributed by atoms with van der Waals surface area (Å²) in [5.41, 5.74) is -0.410. The zero-order valence-electron chi connectivity index (χ0n) is 10.9. The second-order valence-electron chi connectivity index (χ2n) is 5.10. The summed E-state index contributed by atoms with van der Waals surface area (Å²) in [6, 6.07) is 3.57. The number of esters is 1. The molecule has 2 rings (SSSR count). The lowest BCUT2D eigenvalue weighted by atomic mass is 10.2. The van der Waals surface area contributed by atoms with Crippen LogP contribution in [-0.4, -0.2) is 25.8 Å². The minimum atomic E-state index is -0.574. The van der Waals surface area contributed by atoms with E-state index in [1.807, 2.05) is 0 Å². The van der Waals surface area contributed by atoms with Gasteiger partial charge in [0.2, 0.25) is 0 Å². The molecule has 0 unspecified atom stereocenters. The summed E-state index contributed by atoms with van der Waals surface area (Å²) < 4.78 is 8.64. The molecule has 0 amide bonds. The third-order valence-corrected chi connectivity index (χ3v) is 2.92. The van der Waals surface area contributed by atoms with E-state index in [1.165, 1.54) is 4.40 Å². The van der Waals surface area contributed by atoms with Crippen LogP contribution in [0.15, 0.2) is 23.1 Å². The van der Waals surface area contributed by atoms with Gasteiger partial charge in [0.1, 0.15) is 12.1 Å². The molecule has 2 aromatic heterocycles. The van der Waals surface area contributed by atoms with Crippen LogP contribution in [0.5, 0.6) is 0 Å². The van der Waals surface area contributed by atoms with Crippen molar-refractivity contribution < 1.29 is 9.53 Å². The van der Waals surface area contributed by atoms with Gasteiger partial charge in [-0.2, -0.15) is 0 Å². The molecule has 0 aliphatic carbocycles. The Balaban J connectivity index is 2.29. The molecular weight excluding hydrogens is 361 g/mol. The highest BCUT2D eigenvalue weighted by Gasteiger charge is 2.18. The number of pyridine rings is 1. The highest BCUT2D eigenvalue weighted by molar-refractivity contribution is 14.1. The zero-order valence-corrected chi connectivity index (χ0v) is 13.0. The molecule has 0 aliphatic rings. The Morgan fingerprint density at radius 2 is 2.16 bits per heavy atom. The first-order valence-electron chi connectivity index (χ1n) is 5.73. The van der Waals surface area contributed by atoms with Gasteiger partial charge in [-0.3, -0.25) is 9.20 Å². The molecule has 6 nitrogen and oxygen atoms in total. The summed E-state index contributed by atoms with van der Waals surface area (Å²) in [7, 11) is 0. The molecule has 2 aromatic rings. The van der Waals surface area contributed by atoms with Crippen molar-refractivity contribution in [1.82, 2.24) is 14.2 Å². The van der Waals surface area contributed by atoms with E-state index >= 15 is 0 Å². The maximum Gasteiger partial charge on any atom is 0.350 e. The first kappa shape index (κ1) is 14.0. The maximum absolute atomic E-state index is 12.0. The van der Waals surface area contributed by atoms with E-state index in [9.17, 15) is 9.59 Å². The lowest BCUT2D eigenvalue weighted by molar-refractivity contribution is -0.155. The third-order valence-electron chi connectivity index (χ3n) is 2.25. The average molecular weight is 375 g/mol. The van der Waals surface area contributed by atoms with Crippen LogP contribution in [0.25, 0.3) is 5.65 Å². The van der Waals surface area contributed by atoms with Gasteiger partial charge in [0.15, 0.2) is 5.65 Å². The number of halogens is 1. The first-order chi connectivity index (χ1) is 8.76. The smallest absolute Gasteiger partial charge is 0.350 e. The van der Waals surface area contributed by atoms with Gasteiger partial charge in [0.05, 0.1) is 0 Å². The van der Waals surface area contributed by atoms with Gasteiger partial charge in [-0.25, -0.2) is 9.48 Å². The zero-order chi connectivity index (χ0) is 14.2. The summed E-state index contributed by atoms with van der Waals surface area (Å²) in [6.07, 6.45) is 1.64. The molecule has 102 valence electrons. The van der Waals surface area contributed by atoms with Crippen LogP contribution in [0.3, 0.4) is 0 Å². The molecular formula is C12H14IN3O3. The Hall–Kier alpha value is -1.38. The second kappa shape index (κ2) is 4.95. The van der Waals surface area contributed by atoms with E-state index < -0.39 is 11.6 Å². The topological polar surface area (TPSA) is 65.6 Å². The average Bonchev–Trinajstić information content (AvgIpc) is 2.52. The van der Waals surface area contributed by atoms with Crippen LogP contribution in [0.4, 0.5) is 0 Å². The number of carbonyl (C=O) groups excluding carboxylic acids is 1. The van der Waals surface area contributed by atoms with Gasteiger partial charge in [0.25, 0.3) is 0 Å². The van der Waals surface area contributed by atoms with E-state index in [0.29, 0.717) is 5.65 Å². The minimum absolute atomic E-state index is 0.186. The molecule has 0 saturated carbocycles. The van der Waals surface area contributed by atoms with Crippen LogP contribution < -0.4 is 5.69 Å². The molecule has 0 aliphatic heterocycles. The fraction of sp³-hybridized carbons (Fsp3) is 0.417. The number of hydrogen-bond donors (Lipinski definition) is 0. The van der Waals surface area contributed by atoms with Crippen molar-refractivity contribution in [2.75, 3.05) is 0 Å². The van der Waals surface area contributed by atoms with Crippen molar-refractivity contribution in [2.24, 2.45) is 0 Å². The lowest BCUT2D eigenvalue weighted by Crippen LogP contribution is -2.30. The van der Waals surface area contributed by atoms with Crippen LogP contribution in [-0.2, 0) is 16.1 Å². The third kappa shape index (κ3) is 3.34. The number of ether oxygens (including phenoxy) is 1. The molecule has 7 heteroatoms. The lowest BCUT2D eigenvalue weighted by Gasteiger charge is -2.19. The molecule has 0 atom stereocenters. The standard InChI is InChI=1S/C12H14IN3O3/c1-12(2,3)19-10(17)7-16-11(18)15-5-4-8(13)6-9(15)14-16/h4-6H,7H2,1-3H3. The summed E-state index contributed by atoms with van der Waals surface area (Å²) in [4.78, 5) is 23.7. The van der Waals surface area contributed by atoms with Gasteiger partial charge in [0, 0.05) is 9.77 Å². The predicted molar refractivity (Wildman–Crippen MR) is 78.0 cm³/mol. The van der Waals surface area contributed by atoms with Crippen molar-refractivity contribution in [3.63, 3.8) is 0 Å². The van der Waals surface area contributed by atoms with Crippen LogP contribution in [0.2, 0.25) is 0 Å². The molecule has 2 heterocycles. The maximum atomic E-state index is 12.0. The van der Waals surface area contributed by atoms with E-state index in [4.69, 9.17) is 4.74 Å². The van der Waals surface area contributed by atoms with Crippen LogP contribution in [0, 0.1) is 3.57 Å². The van der Waals surface area contributed by atoms with Crippen molar-refractivity contribution >= 4 is 34.2 Å². The normalized spacial score (nSPS) is 11.8. The Kier molecular flexibility index (Phi) is 3.66. The van der Waals surface area contributed by atoms with Crippen molar-refractivity contribution in [1.29, 1.82) is 0 Å². The molecule has 0 spiro atoms. The van der Waals surface area contributed by atoms with Gasteiger partial charge < -0.3 is 4.74 Å². The van der Waals surface area contributed by atoms with Gasteiger partial charge >= 0.3 is 11.7 Å². The summed E-state index contributed by atoms with van der Waals surface area (Å²) in [5.74, 6) is -0.479. The van der Waals surface area contributed by atoms with E-state index in [0.717, 1.165) is 8.25 Å².